The second kappa shape index (κ2) is 9.86. The molecule has 0 aromatic rings. The Bertz CT molecular complexity index is 343. The molecule has 0 spiro atoms. The van der Waals surface area contributed by atoms with Gasteiger partial charge in [0.2, 0.25) is 0 Å². The van der Waals surface area contributed by atoms with E-state index in [2.05, 4.69) is 5.32 Å². The highest BCUT2D eigenvalue weighted by atomic mass is 32.2. The second-order valence-corrected chi connectivity index (χ2v) is 6.09. The fraction of sp³-hybridized carbons (Fsp3) is 0.846. The van der Waals surface area contributed by atoms with Gasteiger partial charge in [-0.3, -0.25) is 4.90 Å². The molecule has 0 saturated carbocycles. The fourth-order valence-corrected chi connectivity index (χ4v) is 3.17. The Labute approximate surface area is 129 Å². The minimum Gasteiger partial charge on any atom is -0.480 e. The van der Waals surface area contributed by atoms with Crippen LogP contribution in [-0.4, -0.2) is 72.7 Å². The van der Waals surface area contributed by atoms with Gasteiger partial charge in [0.25, 0.3) is 0 Å². The summed E-state index contributed by atoms with van der Waals surface area (Å²) in [5, 5.41) is 11.8. The van der Waals surface area contributed by atoms with Crippen molar-refractivity contribution in [2.24, 2.45) is 0 Å². The lowest BCUT2D eigenvalue weighted by molar-refractivity contribution is -0.141. The third-order valence-corrected chi connectivity index (χ3v) is 4.38. The summed E-state index contributed by atoms with van der Waals surface area (Å²) in [5.74, 6) is -0.509. The van der Waals surface area contributed by atoms with Gasteiger partial charge in [0, 0.05) is 26.0 Å². The summed E-state index contributed by atoms with van der Waals surface area (Å²) in [6.45, 7) is 4.15. The minimum absolute atomic E-state index is 0.108. The molecule has 0 aromatic heterocycles. The number of carbonyl (C=O) groups excluding carboxylic acids is 1. The molecule has 1 heterocycles. The molecule has 2 N–H and O–H groups in total. The zero-order valence-electron chi connectivity index (χ0n) is 12.5. The van der Waals surface area contributed by atoms with Crippen LogP contribution in [-0.2, 0) is 14.3 Å². The van der Waals surface area contributed by atoms with Crippen molar-refractivity contribution in [2.45, 2.75) is 31.2 Å². The van der Waals surface area contributed by atoms with Crippen LogP contribution in [0.1, 0.15) is 19.8 Å². The van der Waals surface area contributed by atoms with Gasteiger partial charge in [0.15, 0.2) is 0 Å². The maximum absolute atomic E-state index is 12.0. The number of hydrogen-bond acceptors (Lipinski definition) is 5. The number of unbranched alkanes of at least 4 members (excludes halogenated alkanes) is 1. The number of hydrogen-bond donors (Lipinski definition) is 2. The lowest BCUT2D eigenvalue weighted by Gasteiger charge is -2.25. The Morgan fingerprint density at radius 1 is 1.33 bits per heavy atom. The van der Waals surface area contributed by atoms with Crippen LogP contribution in [0.4, 0.5) is 4.79 Å². The molecule has 1 aliphatic rings. The number of methoxy groups -OCH3 is 1. The predicted octanol–water partition coefficient (Wildman–Crippen LogP) is 0.987. The van der Waals surface area contributed by atoms with Crippen molar-refractivity contribution in [3.05, 3.63) is 0 Å². The van der Waals surface area contributed by atoms with Gasteiger partial charge < -0.3 is 19.9 Å². The van der Waals surface area contributed by atoms with Gasteiger partial charge in [-0.2, -0.15) is 0 Å². The highest BCUT2D eigenvalue weighted by Crippen LogP contribution is 2.28. The number of thioether (sulfide) groups is 1. The van der Waals surface area contributed by atoms with Crippen molar-refractivity contribution in [3.63, 3.8) is 0 Å². The molecule has 0 aliphatic carbocycles. The molecule has 2 atom stereocenters. The van der Waals surface area contributed by atoms with Crippen molar-refractivity contribution in [3.8, 4) is 0 Å². The number of nitrogens with one attached hydrogen (secondary N) is 1. The normalized spacial score (nSPS) is 21.5. The van der Waals surface area contributed by atoms with Crippen molar-refractivity contribution in [1.82, 2.24) is 10.2 Å². The largest absolute Gasteiger partial charge is 0.480 e. The first-order valence-corrected chi connectivity index (χ1v) is 8.10. The summed E-state index contributed by atoms with van der Waals surface area (Å²) < 4.78 is 10.2. The van der Waals surface area contributed by atoms with E-state index >= 15 is 0 Å². The highest BCUT2D eigenvalue weighted by molar-refractivity contribution is 8.00. The van der Waals surface area contributed by atoms with E-state index in [0.29, 0.717) is 32.1 Å². The average Bonchev–Trinajstić information content (AvgIpc) is 2.83. The molecule has 0 aromatic carbocycles. The molecule has 122 valence electrons. The van der Waals surface area contributed by atoms with Crippen LogP contribution in [0.15, 0.2) is 0 Å². The summed E-state index contributed by atoms with van der Waals surface area (Å²) in [6.07, 6.45) is 1.64. The van der Waals surface area contributed by atoms with Gasteiger partial charge in [-0.1, -0.05) is 0 Å². The van der Waals surface area contributed by atoms with E-state index in [1.165, 1.54) is 16.7 Å². The predicted molar refractivity (Wildman–Crippen MR) is 80.5 cm³/mol. The molecule has 1 rings (SSSR count). The highest BCUT2D eigenvalue weighted by Gasteiger charge is 2.39. The Balaban J connectivity index is 2.16. The van der Waals surface area contributed by atoms with Gasteiger partial charge in [-0.05, 0) is 19.8 Å². The van der Waals surface area contributed by atoms with E-state index in [1.54, 1.807) is 7.11 Å². The van der Waals surface area contributed by atoms with E-state index in [4.69, 9.17) is 14.6 Å². The molecular weight excluding hydrogens is 296 g/mol. The van der Waals surface area contributed by atoms with Crippen LogP contribution >= 0.6 is 11.8 Å². The SMILES string of the molecule is COCCOCCCCNC(=O)N1C(C)SCC1C(=O)O. The smallest absolute Gasteiger partial charge is 0.327 e. The van der Waals surface area contributed by atoms with E-state index < -0.39 is 12.0 Å². The third kappa shape index (κ3) is 6.11. The number of carboxylic acids is 1. The van der Waals surface area contributed by atoms with Crippen molar-refractivity contribution in [1.29, 1.82) is 0 Å². The van der Waals surface area contributed by atoms with Crippen LogP contribution in [0.2, 0.25) is 0 Å². The number of carboxylic acid groups (broad SMARTS) is 1. The molecule has 8 heteroatoms. The lowest BCUT2D eigenvalue weighted by Crippen LogP contribution is -2.49. The van der Waals surface area contributed by atoms with Crippen LogP contribution in [0.5, 0.6) is 0 Å². The Hall–Kier alpha value is -0.990. The quantitative estimate of drug-likeness (QED) is 0.616. The molecule has 0 radical (unpaired) electrons. The molecule has 0 bridgehead atoms. The van der Waals surface area contributed by atoms with Crippen molar-refractivity contribution >= 4 is 23.8 Å². The van der Waals surface area contributed by atoms with Gasteiger partial charge >= 0.3 is 12.0 Å². The Kier molecular flexibility index (Phi) is 8.48. The Morgan fingerprint density at radius 2 is 2.10 bits per heavy atom. The van der Waals surface area contributed by atoms with E-state index in [-0.39, 0.29) is 11.4 Å². The van der Waals surface area contributed by atoms with E-state index in [0.717, 1.165) is 12.8 Å². The third-order valence-electron chi connectivity index (χ3n) is 3.17. The van der Waals surface area contributed by atoms with Gasteiger partial charge in [-0.25, -0.2) is 9.59 Å². The molecule has 2 unspecified atom stereocenters. The maximum atomic E-state index is 12.0. The zero-order chi connectivity index (χ0) is 15.7. The summed E-state index contributed by atoms with van der Waals surface area (Å²) in [5.41, 5.74) is 0. The molecule has 1 saturated heterocycles. The number of urea groups is 1. The van der Waals surface area contributed by atoms with Crippen LogP contribution in [0.25, 0.3) is 0 Å². The first-order valence-electron chi connectivity index (χ1n) is 7.05. The molecule has 7 nitrogen and oxygen atoms in total. The average molecular weight is 320 g/mol. The first-order chi connectivity index (χ1) is 10.1. The molecule has 2 amide bonds. The number of nitrogens with zero attached hydrogens (tertiary/aromatic N) is 1. The standard InChI is InChI=1S/C13H24N2O5S/c1-10-15(11(9-21-10)12(16)17)13(18)14-5-3-4-6-20-8-7-19-2/h10-11H,3-9H2,1-2H3,(H,14,18)(H,16,17). The van der Waals surface area contributed by atoms with Crippen LogP contribution < -0.4 is 5.32 Å². The van der Waals surface area contributed by atoms with Crippen molar-refractivity contribution in [2.75, 3.05) is 39.2 Å². The molecular formula is C13H24N2O5S. The number of aliphatic carboxylic acids is 1. The number of ether oxygens (including phenoxy) is 2. The summed E-state index contributed by atoms with van der Waals surface area (Å²) >= 11 is 1.48. The Morgan fingerprint density at radius 3 is 2.76 bits per heavy atom. The van der Waals surface area contributed by atoms with Crippen LogP contribution in [0.3, 0.4) is 0 Å². The summed E-state index contributed by atoms with van der Waals surface area (Å²) in [7, 11) is 1.63. The van der Waals surface area contributed by atoms with E-state index in [9.17, 15) is 9.59 Å². The molecule has 21 heavy (non-hydrogen) atoms. The summed E-state index contributed by atoms with van der Waals surface area (Å²) in [6, 6.07) is -1.04. The number of carbonyl (C=O) groups is 2. The van der Waals surface area contributed by atoms with E-state index in [1.807, 2.05) is 6.92 Å². The minimum atomic E-state index is -0.950. The van der Waals surface area contributed by atoms with Gasteiger partial charge in [0.05, 0.1) is 18.6 Å². The molecule has 1 aliphatic heterocycles. The second-order valence-electron chi connectivity index (χ2n) is 4.74. The fourth-order valence-electron chi connectivity index (χ4n) is 2.00. The van der Waals surface area contributed by atoms with Crippen molar-refractivity contribution < 1.29 is 24.2 Å². The number of rotatable bonds is 9. The zero-order valence-corrected chi connectivity index (χ0v) is 13.4. The van der Waals surface area contributed by atoms with Crippen LogP contribution in [0, 0.1) is 0 Å². The first kappa shape index (κ1) is 18.1. The lowest BCUT2D eigenvalue weighted by atomic mass is 10.3. The summed E-state index contributed by atoms with van der Waals surface area (Å²) in [4.78, 5) is 24.5. The van der Waals surface area contributed by atoms with Gasteiger partial charge in [-0.15, -0.1) is 11.8 Å². The molecule has 1 fully saturated rings. The topological polar surface area (TPSA) is 88.1 Å². The maximum Gasteiger partial charge on any atom is 0.327 e. The monoisotopic (exact) mass is 320 g/mol. The number of amides is 2. The van der Waals surface area contributed by atoms with Gasteiger partial charge in [0.1, 0.15) is 6.04 Å².